The monoisotopic (exact) mass is 586 g/mol. The summed E-state index contributed by atoms with van der Waals surface area (Å²) < 4.78 is 32.6. The summed E-state index contributed by atoms with van der Waals surface area (Å²) >= 11 is 0. The predicted octanol–water partition coefficient (Wildman–Crippen LogP) is 4.48. The Morgan fingerprint density at radius 2 is 1.74 bits per heavy atom. The van der Waals surface area contributed by atoms with Crippen molar-refractivity contribution in [3.8, 4) is 5.69 Å². The third-order valence-electron chi connectivity index (χ3n) is 6.77. The quantitative estimate of drug-likeness (QED) is 0.198. The molecule has 0 radical (unpaired) electrons. The molecule has 0 bridgehead atoms. The zero-order chi connectivity index (χ0) is 29.6. The van der Waals surface area contributed by atoms with E-state index in [0.717, 1.165) is 38.4 Å². The van der Waals surface area contributed by atoms with Gasteiger partial charge in [-0.1, -0.05) is 36.4 Å². The van der Waals surface area contributed by atoms with Crippen LogP contribution in [0.2, 0.25) is 0 Å². The molecule has 42 heavy (non-hydrogen) atoms. The largest absolute Gasteiger partial charge is 0.354 e. The Kier molecular flexibility index (Phi) is 8.68. The highest BCUT2D eigenvalue weighted by atomic mass is 32.2. The zero-order valence-corrected chi connectivity index (χ0v) is 23.8. The first-order chi connectivity index (χ1) is 20.3. The molecule has 5 rings (SSSR count). The Morgan fingerprint density at radius 1 is 1.00 bits per heavy atom. The SMILES string of the molecule is CC1=C(CC(=O)NCCNC(=O)Nc2c[n+](-c3ccccc3)no2)c2cc(F)ccc2/C1=C\c1ccc(S(C)=O)cc1. The molecule has 0 saturated carbocycles. The molecule has 9 nitrogen and oxygen atoms in total. The van der Waals surface area contributed by atoms with Crippen molar-refractivity contribution >= 4 is 45.8 Å². The number of aromatic nitrogens is 2. The van der Waals surface area contributed by atoms with Crippen molar-refractivity contribution in [1.29, 1.82) is 0 Å². The smallest absolute Gasteiger partial charge is 0.321 e. The number of urea groups is 1. The number of carbonyl (C=O) groups is 2. The lowest BCUT2D eigenvalue weighted by atomic mass is 10.0. The molecule has 0 aliphatic heterocycles. The number of amides is 3. The highest BCUT2D eigenvalue weighted by Crippen LogP contribution is 2.43. The molecule has 1 aliphatic rings. The Labute approximate surface area is 244 Å². The summed E-state index contributed by atoms with van der Waals surface area (Å²) in [6.45, 7) is 2.29. The Balaban J connectivity index is 1.17. The highest BCUT2D eigenvalue weighted by molar-refractivity contribution is 7.84. The standard InChI is InChI=1S/C31H28FN5O4S/c1-20-26(16-21-8-11-24(12-9-21)42(2)40)25-13-10-22(32)17-28(25)27(20)18-29(38)33-14-15-34-31(39)35-30-19-37(36-41-30)23-6-4-3-5-7-23/h3-13,16-17,19H,14-15,18H2,1-2H3,(H2-,33,34,35,36,38,39)/p+1/b26-16-. The second-order valence-corrected chi connectivity index (χ2v) is 11.0. The van der Waals surface area contributed by atoms with Crippen molar-refractivity contribution in [2.75, 3.05) is 24.7 Å². The van der Waals surface area contributed by atoms with E-state index < -0.39 is 16.8 Å². The van der Waals surface area contributed by atoms with Crippen LogP contribution in [-0.2, 0) is 15.6 Å². The summed E-state index contributed by atoms with van der Waals surface area (Å²) in [4.78, 5) is 25.8. The van der Waals surface area contributed by atoms with E-state index in [9.17, 15) is 18.2 Å². The fourth-order valence-electron chi connectivity index (χ4n) is 4.66. The minimum atomic E-state index is -1.07. The fourth-order valence-corrected chi connectivity index (χ4v) is 5.18. The number of anilines is 1. The number of rotatable bonds is 9. The number of para-hydroxylation sites is 1. The van der Waals surface area contributed by atoms with Gasteiger partial charge in [-0.15, -0.1) is 0 Å². The van der Waals surface area contributed by atoms with Crippen LogP contribution in [0.4, 0.5) is 15.1 Å². The summed E-state index contributed by atoms with van der Waals surface area (Å²) in [7, 11) is -1.07. The van der Waals surface area contributed by atoms with Crippen LogP contribution >= 0.6 is 0 Å². The molecule has 0 spiro atoms. The minimum absolute atomic E-state index is 0.0527. The van der Waals surface area contributed by atoms with Gasteiger partial charge in [0.15, 0.2) is 0 Å². The maximum Gasteiger partial charge on any atom is 0.321 e. The van der Waals surface area contributed by atoms with E-state index in [0.29, 0.717) is 5.56 Å². The first kappa shape index (κ1) is 28.6. The van der Waals surface area contributed by atoms with Gasteiger partial charge in [-0.25, -0.2) is 9.18 Å². The average Bonchev–Trinajstić information content (AvgIpc) is 3.54. The summed E-state index contributed by atoms with van der Waals surface area (Å²) in [5.74, 6) is -0.473. The Hall–Kier alpha value is -4.90. The summed E-state index contributed by atoms with van der Waals surface area (Å²) in [6.07, 6.45) is 5.21. The molecule has 3 aromatic carbocycles. The zero-order valence-electron chi connectivity index (χ0n) is 23.0. The minimum Gasteiger partial charge on any atom is -0.354 e. The number of fused-ring (bicyclic) bond motifs is 1. The van der Waals surface area contributed by atoms with Crippen LogP contribution in [0.1, 0.15) is 30.0 Å². The second-order valence-electron chi connectivity index (χ2n) is 9.63. The maximum absolute atomic E-state index is 14.2. The van der Waals surface area contributed by atoms with Gasteiger partial charge in [0.05, 0.1) is 6.42 Å². The van der Waals surface area contributed by atoms with Crippen molar-refractivity contribution in [3.05, 3.63) is 107 Å². The number of hydrogen-bond donors (Lipinski definition) is 3. The number of nitrogens with one attached hydrogen (secondary N) is 3. The third-order valence-corrected chi connectivity index (χ3v) is 7.71. The first-order valence-corrected chi connectivity index (χ1v) is 14.8. The molecule has 4 aromatic rings. The van der Waals surface area contributed by atoms with Gasteiger partial charge in [-0.3, -0.25) is 18.8 Å². The van der Waals surface area contributed by atoms with E-state index >= 15 is 0 Å². The molecule has 1 unspecified atom stereocenters. The fraction of sp³-hybridized carbons (Fsp3) is 0.161. The number of nitrogens with zero attached hydrogens (tertiary/aromatic N) is 2. The van der Waals surface area contributed by atoms with Crippen molar-refractivity contribution in [1.82, 2.24) is 15.9 Å². The number of halogens is 1. The molecule has 1 heterocycles. The van der Waals surface area contributed by atoms with Crippen LogP contribution < -0.4 is 20.6 Å². The van der Waals surface area contributed by atoms with Crippen LogP contribution in [0, 0.1) is 5.82 Å². The van der Waals surface area contributed by atoms with Gasteiger partial charge in [0.2, 0.25) is 16.9 Å². The van der Waals surface area contributed by atoms with E-state index in [1.807, 2.05) is 67.6 Å². The van der Waals surface area contributed by atoms with Crippen LogP contribution in [-0.4, -0.2) is 40.8 Å². The summed E-state index contributed by atoms with van der Waals surface area (Å²) in [5.41, 5.74) is 5.73. The predicted molar refractivity (Wildman–Crippen MR) is 158 cm³/mol. The Morgan fingerprint density at radius 3 is 2.48 bits per heavy atom. The lowest BCUT2D eigenvalue weighted by molar-refractivity contribution is -0.670. The summed E-state index contributed by atoms with van der Waals surface area (Å²) in [5, 5.41) is 11.9. The summed E-state index contributed by atoms with van der Waals surface area (Å²) in [6, 6.07) is 20.8. The molecule has 1 aliphatic carbocycles. The van der Waals surface area contributed by atoms with Crippen molar-refractivity contribution in [2.45, 2.75) is 18.2 Å². The molecular formula is C31H29FN5O4S+. The van der Waals surface area contributed by atoms with E-state index in [2.05, 4.69) is 21.2 Å². The number of benzene rings is 3. The first-order valence-electron chi connectivity index (χ1n) is 13.2. The molecule has 11 heteroatoms. The van der Waals surface area contributed by atoms with Crippen molar-refractivity contribution in [2.24, 2.45) is 0 Å². The van der Waals surface area contributed by atoms with Gasteiger partial charge in [-0.2, -0.15) is 0 Å². The lowest BCUT2D eigenvalue weighted by Crippen LogP contribution is -2.37. The van der Waals surface area contributed by atoms with Crippen molar-refractivity contribution in [3.63, 3.8) is 0 Å². The van der Waals surface area contributed by atoms with Gasteiger partial charge < -0.3 is 10.6 Å². The van der Waals surface area contributed by atoms with Crippen LogP contribution in [0.3, 0.4) is 0 Å². The molecule has 3 N–H and O–H groups in total. The molecule has 0 fully saturated rings. The van der Waals surface area contributed by atoms with E-state index in [-0.39, 0.29) is 37.1 Å². The van der Waals surface area contributed by atoms with Gasteiger partial charge in [0, 0.05) is 47.2 Å². The molecule has 3 amide bonds. The molecule has 1 aromatic heterocycles. The topological polar surface area (TPSA) is 117 Å². The number of hydrogen-bond acceptors (Lipinski definition) is 5. The maximum atomic E-state index is 14.2. The van der Waals surface area contributed by atoms with Gasteiger partial charge >= 0.3 is 11.9 Å². The number of carbonyl (C=O) groups excluding carboxylic acids is 2. The Bertz CT molecular complexity index is 1710. The average molecular weight is 587 g/mol. The van der Waals surface area contributed by atoms with Crippen LogP contribution in [0.15, 0.2) is 94.0 Å². The molecule has 0 saturated heterocycles. The lowest BCUT2D eigenvalue weighted by Gasteiger charge is -2.09. The second kappa shape index (κ2) is 12.7. The van der Waals surface area contributed by atoms with Crippen LogP contribution in [0.25, 0.3) is 22.9 Å². The van der Waals surface area contributed by atoms with E-state index in [1.54, 1.807) is 18.5 Å². The molecule has 214 valence electrons. The normalized spacial score (nSPS) is 14.0. The van der Waals surface area contributed by atoms with Crippen LogP contribution in [0.5, 0.6) is 0 Å². The third kappa shape index (κ3) is 6.69. The van der Waals surface area contributed by atoms with E-state index in [1.165, 1.54) is 16.8 Å². The van der Waals surface area contributed by atoms with Crippen molar-refractivity contribution < 1.29 is 27.4 Å². The van der Waals surface area contributed by atoms with E-state index in [4.69, 9.17) is 4.52 Å². The number of allylic oxidation sites excluding steroid dienone is 2. The molecule has 1 atom stereocenters. The van der Waals surface area contributed by atoms with Gasteiger partial charge in [0.1, 0.15) is 5.82 Å². The van der Waals surface area contributed by atoms with Gasteiger partial charge in [-0.05, 0) is 75.4 Å². The molecular weight excluding hydrogens is 557 g/mol. The van der Waals surface area contributed by atoms with Gasteiger partial charge in [0.25, 0.3) is 6.20 Å². The highest BCUT2D eigenvalue weighted by Gasteiger charge is 2.26.